The van der Waals surface area contributed by atoms with Crippen LogP contribution in [-0.4, -0.2) is 36.2 Å². The van der Waals surface area contributed by atoms with Gasteiger partial charge in [-0.05, 0) is 38.6 Å². The normalized spacial score (nSPS) is 18.4. The molecule has 0 bridgehead atoms. The van der Waals surface area contributed by atoms with Crippen molar-refractivity contribution in [3.8, 4) is 0 Å². The minimum absolute atomic E-state index is 0.105. The van der Waals surface area contributed by atoms with Gasteiger partial charge >= 0.3 is 0 Å². The van der Waals surface area contributed by atoms with Crippen LogP contribution in [0.5, 0.6) is 0 Å². The van der Waals surface area contributed by atoms with E-state index in [0.29, 0.717) is 0 Å². The summed E-state index contributed by atoms with van der Waals surface area (Å²) in [5.74, 6) is 0. The minimum atomic E-state index is 0.105. The highest BCUT2D eigenvalue weighted by atomic mass is 32.1. The van der Waals surface area contributed by atoms with E-state index >= 15 is 0 Å². The van der Waals surface area contributed by atoms with Crippen molar-refractivity contribution in [3.05, 3.63) is 15.6 Å². The molecule has 1 fully saturated rings. The van der Waals surface area contributed by atoms with Gasteiger partial charge in [0.15, 0.2) is 0 Å². The zero-order valence-electron chi connectivity index (χ0n) is 13.7. The maximum absolute atomic E-state index is 5.71. The Labute approximate surface area is 127 Å². The maximum Gasteiger partial charge on any atom is 0.107 e. The first-order chi connectivity index (χ1) is 9.26. The number of hydrogen-bond donors (Lipinski definition) is 0. The Morgan fingerprint density at radius 3 is 2.40 bits per heavy atom. The second-order valence-electron chi connectivity index (χ2n) is 7.19. The summed E-state index contributed by atoms with van der Waals surface area (Å²) >= 11 is 1.86. The molecule has 4 heteroatoms. The molecule has 0 amide bonds. The van der Waals surface area contributed by atoms with Gasteiger partial charge < -0.3 is 4.74 Å². The lowest BCUT2D eigenvalue weighted by atomic mass is 9.79. The first-order valence-corrected chi connectivity index (χ1v) is 8.28. The molecule has 0 radical (unpaired) electrons. The van der Waals surface area contributed by atoms with Gasteiger partial charge in [-0.25, -0.2) is 4.98 Å². The Hall–Kier alpha value is -0.450. The number of hydrogen-bond acceptors (Lipinski definition) is 4. The van der Waals surface area contributed by atoms with Crippen LogP contribution in [0.2, 0.25) is 0 Å². The topological polar surface area (TPSA) is 25.4 Å². The Balaban J connectivity index is 2.00. The monoisotopic (exact) mass is 296 g/mol. The van der Waals surface area contributed by atoms with Gasteiger partial charge in [-0.15, -0.1) is 11.3 Å². The van der Waals surface area contributed by atoms with E-state index in [-0.39, 0.29) is 11.0 Å². The molecule has 3 nitrogen and oxygen atoms in total. The number of rotatable bonds is 5. The number of aromatic nitrogens is 1. The summed E-state index contributed by atoms with van der Waals surface area (Å²) in [6.07, 6.45) is 3.68. The maximum atomic E-state index is 5.71. The molecular weight excluding hydrogens is 268 g/mol. The van der Waals surface area contributed by atoms with Crippen LogP contribution in [0.4, 0.5) is 0 Å². The molecule has 1 aromatic rings. The van der Waals surface area contributed by atoms with Crippen molar-refractivity contribution in [3.63, 3.8) is 0 Å². The molecule has 1 saturated carbocycles. The van der Waals surface area contributed by atoms with Crippen molar-refractivity contribution >= 4 is 11.3 Å². The van der Waals surface area contributed by atoms with Crippen LogP contribution in [-0.2, 0) is 16.7 Å². The fraction of sp³-hybridized carbons (Fsp3) is 0.812. The van der Waals surface area contributed by atoms with Crippen LogP contribution >= 0.6 is 11.3 Å². The van der Waals surface area contributed by atoms with Gasteiger partial charge in [-0.2, -0.15) is 0 Å². The Morgan fingerprint density at radius 1 is 1.35 bits per heavy atom. The zero-order valence-corrected chi connectivity index (χ0v) is 14.6. The molecule has 114 valence electrons. The molecule has 0 spiro atoms. The van der Waals surface area contributed by atoms with E-state index in [0.717, 1.165) is 13.1 Å². The van der Waals surface area contributed by atoms with Crippen LogP contribution < -0.4 is 0 Å². The van der Waals surface area contributed by atoms with Gasteiger partial charge in [0.2, 0.25) is 0 Å². The van der Waals surface area contributed by atoms with Gasteiger partial charge in [0.1, 0.15) is 5.01 Å². The second-order valence-corrected chi connectivity index (χ2v) is 8.27. The summed E-state index contributed by atoms with van der Waals surface area (Å²) in [5, 5.41) is 1.22. The number of thiazole rings is 1. The standard InChI is InChI=1S/C16H28N2OS/c1-12-14(15(2,3)4)20-13(17-12)10-18(5)11-16(19-6)8-7-9-16/h7-11H2,1-6H3. The van der Waals surface area contributed by atoms with Crippen molar-refractivity contribution in [1.82, 2.24) is 9.88 Å². The van der Waals surface area contributed by atoms with Crippen LogP contribution in [0, 0.1) is 6.92 Å². The average molecular weight is 296 g/mol. The van der Waals surface area contributed by atoms with Gasteiger partial charge in [-0.3, -0.25) is 4.90 Å². The Morgan fingerprint density at radius 2 is 2.00 bits per heavy atom. The SMILES string of the molecule is COC1(CN(C)Cc2nc(C)c(C(C)(C)C)s2)CCC1. The molecule has 1 aliphatic carbocycles. The van der Waals surface area contributed by atoms with E-state index in [4.69, 9.17) is 9.72 Å². The predicted octanol–water partition coefficient (Wildman–Crippen LogP) is 3.75. The number of aryl methyl sites for hydroxylation is 1. The molecule has 2 rings (SSSR count). The second kappa shape index (κ2) is 5.74. The van der Waals surface area contributed by atoms with Gasteiger partial charge in [0.25, 0.3) is 0 Å². The van der Waals surface area contributed by atoms with Crippen molar-refractivity contribution in [1.29, 1.82) is 0 Å². The number of methoxy groups -OCH3 is 1. The van der Waals surface area contributed by atoms with E-state index in [1.165, 1.54) is 34.8 Å². The predicted molar refractivity (Wildman–Crippen MR) is 85.5 cm³/mol. The van der Waals surface area contributed by atoms with Gasteiger partial charge in [0.05, 0.1) is 17.8 Å². The lowest BCUT2D eigenvalue weighted by Crippen LogP contribution is -2.48. The van der Waals surface area contributed by atoms with Crippen molar-refractivity contribution < 1.29 is 4.74 Å². The van der Waals surface area contributed by atoms with Crippen LogP contribution in [0.3, 0.4) is 0 Å². The average Bonchev–Trinajstić information content (AvgIpc) is 2.64. The third-order valence-electron chi connectivity index (χ3n) is 4.18. The van der Waals surface area contributed by atoms with Crippen molar-refractivity contribution in [2.75, 3.05) is 20.7 Å². The minimum Gasteiger partial charge on any atom is -0.377 e. The van der Waals surface area contributed by atoms with E-state index in [1.807, 2.05) is 18.4 Å². The lowest BCUT2D eigenvalue weighted by Gasteiger charge is -2.42. The third-order valence-corrected chi connectivity index (χ3v) is 5.75. The van der Waals surface area contributed by atoms with E-state index in [9.17, 15) is 0 Å². The van der Waals surface area contributed by atoms with Gasteiger partial charge in [-0.1, -0.05) is 20.8 Å². The molecule has 0 N–H and O–H groups in total. The smallest absolute Gasteiger partial charge is 0.107 e. The number of likely N-dealkylation sites (N-methyl/N-ethyl adjacent to an activating group) is 1. The first kappa shape index (κ1) is 15.9. The zero-order chi connectivity index (χ0) is 15.0. The number of ether oxygens (including phenoxy) is 1. The highest BCUT2D eigenvalue weighted by molar-refractivity contribution is 7.11. The van der Waals surface area contributed by atoms with Crippen molar-refractivity contribution in [2.24, 2.45) is 0 Å². The summed E-state index contributed by atoms with van der Waals surface area (Å²) < 4.78 is 5.71. The summed E-state index contributed by atoms with van der Waals surface area (Å²) in [6.45, 7) is 10.8. The largest absolute Gasteiger partial charge is 0.377 e. The molecule has 1 aliphatic rings. The summed E-state index contributed by atoms with van der Waals surface area (Å²) in [4.78, 5) is 8.52. The molecule has 20 heavy (non-hydrogen) atoms. The molecule has 0 atom stereocenters. The van der Waals surface area contributed by atoms with Crippen LogP contribution in [0.15, 0.2) is 0 Å². The first-order valence-electron chi connectivity index (χ1n) is 7.46. The summed E-state index contributed by atoms with van der Waals surface area (Å²) in [5.41, 5.74) is 1.49. The molecule has 0 aliphatic heterocycles. The highest BCUT2D eigenvalue weighted by Gasteiger charge is 2.38. The number of nitrogens with zero attached hydrogens (tertiary/aromatic N) is 2. The Bertz CT molecular complexity index is 452. The third kappa shape index (κ3) is 3.41. The van der Waals surface area contributed by atoms with Crippen LogP contribution in [0.25, 0.3) is 0 Å². The lowest BCUT2D eigenvalue weighted by molar-refractivity contribution is -0.0890. The molecule has 0 aromatic carbocycles. The fourth-order valence-corrected chi connectivity index (χ4v) is 4.20. The molecule has 1 aromatic heterocycles. The molecular formula is C16H28N2OS. The molecule has 1 heterocycles. The fourth-order valence-electron chi connectivity index (χ4n) is 2.99. The molecule has 0 saturated heterocycles. The summed E-state index contributed by atoms with van der Waals surface area (Å²) in [6, 6.07) is 0. The van der Waals surface area contributed by atoms with Crippen LogP contribution in [0.1, 0.15) is 55.6 Å². The van der Waals surface area contributed by atoms with Crippen molar-refractivity contribution in [2.45, 2.75) is 64.5 Å². The van der Waals surface area contributed by atoms with E-state index in [2.05, 4.69) is 39.6 Å². The van der Waals surface area contributed by atoms with E-state index in [1.54, 1.807) is 0 Å². The highest BCUT2D eigenvalue weighted by Crippen LogP contribution is 2.36. The van der Waals surface area contributed by atoms with E-state index < -0.39 is 0 Å². The quantitative estimate of drug-likeness (QED) is 0.827. The molecule has 0 unspecified atom stereocenters. The summed E-state index contributed by atoms with van der Waals surface area (Å²) in [7, 11) is 4.02. The Kier molecular flexibility index (Phi) is 4.57. The van der Waals surface area contributed by atoms with Gasteiger partial charge in [0, 0.05) is 18.5 Å².